The molecule has 2 atom stereocenters. The maximum atomic E-state index is 6.12. The Morgan fingerprint density at radius 1 is 1.07 bits per heavy atom. The van der Waals surface area contributed by atoms with Gasteiger partial charge in [0.1, 0.15) is 0 Å². The van der Waals surface area contributed by atoms with Crippen LogP contribution in [0.1, 0.15) is 36.1 Å². The van der Waals surface area contributed by atoms with E-state index in [1.807, 2.05) is 6.07 Å². The van der Waals surface area contributed by atoms with E-state index in [1.165, 1.54) is 22.3 Å². The van der Waals surface area contributed by atoms with Gasteiger partial charge in [0.25, 0.3) is 0 Å². The number of hydrogen-bond acceptors (Lipinski definition) is 3. The second kappa shape index (κ2) is 10.9. The topological polar surface area (TPSA) is 62.9 Å². The molecule has 1 saturated heterocycles. The molecule has 0 aromatic heterocycles. The Morgan fingerprint density at radius 2 is 1.72 bits per heavy atom. The zero-order chi connectivity index (χ0) is 20.1. The van der Waals surface area contributed by atoms with Crippen LogP contribution in [0, 0.1) is 13.8 Å². The Balaban J connectivity index is 0.00000300. The summed E-state index contributed by atoms with van der Waals surface area (Å²) in [5, 5.41) is 3.19. The standard InChI is InChI=1S/C23H32N4O.HI/c1-16-9-10-22(11-17(16)2)26-23(24)25-12-20-7-5-6-8-21(20)15-27-13-18(3)28-19(4)14-27;/h5-11,18-19H,12-15H2,1-4H3,(H3,24,25,26);1H. The summed E-state index contributed by atoms with van der Waals surface area (Å²) in [7, 11) is 0. The van der Waals surface area contributed by atoms with Gasteiger partial charge in [0.15, 0.2) is 5.96 Å². The van der Waals surface area contributed by atoms with Gasteiger partial charge in [-0.2, -0.15) is 0 Å². The SMILES string of the molecule is Cc1ccc(NC(N)=NCc2ccccc2CN2CC(C)OC(C)C2)cc1C.I. The van der Waals surface area contributed by atoms with Crippen molar-refractivity contribution in [3.8, 4) is 0 Å². The quantitative estimate of drug-likeness (QED) is 0.356. The Hall–Kier alpha value is -1.64. The van der Waals surface area contributed by atoms with Crippen molar-refractivity contribution < 1.29 is 4.74 Å². The van der Waals surface area contributed by atoms with Crippen molar-refractivity contribution in [2.24, 2.45) is 10.7 Å². The molecular formula is C23H33IN4O. The van der Waals surface area contributed by atoms with Crippen LogP contribution in [0.5, 0.6) is 0 Å². The summed E-state index contributed by atoms with van der Waals surface area (Å²) in [4.78, 5) is 7.02. The number of morpholine rings is 1. The average Bonchev–Trinajstić information content (AvgIpc) is 2.63. The molecule has 2 unspecified atom stereocenters. The molecule has 1 heterocycles. The number of aryl methyl sites for hydroxylation is 2. The number of ether oxygens (including phenoxy) is 1. The summed E-state index contributed by atoms with van der Waals surface area (Å²) < 4.78 is 5.85. The van der Waals surface area contributed by atoms with Gasteiger partial charge in [0, 0.05) is 25.3 Å². The molecule has 0 aliphatic carbocycles. The van der Waals surface area contributed by atoms with Gasteiger partial charge >= 0.3 is 0 Å². The number of nitrogens with zero attached hydrogens (tertiary/aromatic N) is 2. The third-order valence-electron chi connectivity index (χ3n) is 5.21. The molecule has 29 heavy (non-hydrogen) atoms. The number of halogens is 1. The maximum Gasteiger partial charge on any atom is 0.193 e. The van der Waals surface area contributed by atoms with Gasteiger partial charge in [0.05, 0.1) is 18.8 Å². The molecule has 1 aliphatic heterocycles. The first-order chi connectivity index (χ1) is 13.4. The molecule has 0 saturated carbocycles. The van der Waals surface area contributed by atoms with Gasteiger partial charge in [0.2, 0.25) is 0 Å². The molecule has 6 heteroatoms. The second-order valence-electron chi connectivity index (χ2n) is 7.85. The van der Waals surface area contributed by atoms with Crippen LogP contribution in [0.2, 0.25) is 0 Å². The molecule has 1 aliphatic rings. The first-order valence-electron chi connectivity index (χ1n) is 9.99. The van der Waals surface area contributed by atoms with Crippen LogP contribution in [-0.2, 0) is 17.8 Å². The molecule has 2 aromatic carbocycles. The fourth-order valence-corrected chi connectivity index (χ4v) is 3.70. The van der Waals surface area contributed by atoms with E-state index >= 15 is 0 Å². The van der Waals surface area contributed by atoms with Crippen molar-refractivity contribution in [3.05, 3.63) is 64.7 Å². The summed E-state index contributed by atoms with van der Waals surface area (Å²) in [6.45, 7) is 11.9. The van der Waals surface area contributed by atoms with Gasteiger partial charge in [-0.1, -0.05) is 30.3 Å². The van der Waals surface area contributed by atoms with Gasteiger partial charge < -0.3 is 15.8 Å². The highest BCUT2D eigenvalue weighted by molar-refractivity contribution is 14.0. The average molecular weight is 508 g/mol. The summed E-state index contributed by atoms with van der Waals surface area (Å²) >= 11 is 0. The van der Waals surface area contributed by atoms with E-state index in [2.05, 4.69) is 79.3 Å². The lowest BCUT2D eigenvalue weighted by molar-refractivity contribution is -0.0705. The first-order valence-corrected chi connectivity index (χ1v) is 9.99. The van der Waals surface area contributed by atoms with Crippen LogP contribution in [0.25, 0.3) is 0 Å². The van der Waals surface area contributed by atoms with E-state index in [0.717, 1.165) is 25.3 Å². The molecule has 3 rings (SSSR count). The van der Waals surface area contributed by atoms with Crippen LogP contribution in [0.15, 0.2) is 47.5 Å². The van der Waals surface area contributed by atoms with Crippen molar-refractivity contribution >= 4 is 35.6 Å². The molecule has 0 spiro atoms. The van der Waals surface area contributed by atoms with E-state index in [4.69, 9.17) is 10.5 Å². The molecule has 0 amide bonds. The molecule has 2 aromatic rings. The van der Waals surface area contributed by atoms with Crippen molar-refractivity contribution in [3.63, 3.8) is 0 Å². The normalized spacial score (nSPS) is 20.2. The van der Waals surface area contributed by atoms with Crippen LogP contribution in [0.3, 0.4) is 0 Å². The largest absolute Gasteiger partial charge is 0.373 e. The molecule has 5 nitrogen and oxygen atoms in total. The molecule has 0 radical (unpaired) electrons. The van der Waals surface area contributed by atoms with Crippen molar-refractivity contribution in [1.82, 2.24) is 4.90 Å². The maximum absolute atomic E-state index is 6.12. The van der Waals surface area contributed by atoms with E-state index in [-0.39, 0.29) is 36.2 Å². The smallest absolute Gasteiger partial charge is 0.193 e. The van der Waals surface area contributed by atoms with Gasteiger partial charge in [-0.05, 0) is 62.1 Å². The number of rotatable bonds is 5. The third-order valence-corrected chi connectivity index (χ3v) is 5.21. The number of hydrogen-bond donors (Lipinski definition) is 2. The minimum Gasteiger partial charge on any atom is -0.373 e. The lowest BCUT2D eigenvalue weighted by atomic mass is 10.1. The Bertz CT molecular complexity index is 829. The number of anilines is 1. The summed E-state index contributed by atoms with van der Waals surface area (Å²) in [6.07, 6.45) is 0.540. The van der Waals surface area contributed by atoms with Gasteiger partial charge in [-0.15, -0.1) is 24.0 Å². The Labute approximate surface area is 191 Å². The van der Waals surface area contributed by atoms with Crippen molar-refractivity contribution in [2.75, 3.05) is 18.4 Å². The highest BCUT2D eigenvalue weighted by Gasteiger charge is 2.22. The van der Waals surface area contributed by atoms with E-state index in [1.54, 1.807) is 0 Å². The zero-order valence-corrected chi connectivity index (χ0v) is 20.1. The van der Waals surface area contributed by atoms with E-state index in [0.29, 0.717) is 12.5 Å². The highest BCUT2D eigenvalue weighted by atomic mass is 127. The number of nitrogens with two attached hydrogens (primary N) is 1. The van der Waals surface area contributed by atoms with Crippen LogP contribution in [-0.4, -0.2) is 36.2 Å². The molecule has 158 valence electrons. The Morgan fingerprint density at radius 3 is 2.38 bits per heavy atom. The molecule has 3 N–H and O–H groups in total. The number of benzene rings is 2. The monoisotopic (exact) mass is 508 g/mol. The minimum absolute atomic E-state index is 0. The zero-order valence-electron chi connectivity index (χ0n) is 17.8. The molecule has 0 bridgehead atoms. The predicted molar refractivity (Wildman–Crippen MR) is 132 cm³/mol. The minimum atomic E-state index is 0. The third kappa shape index (κ3) is 6.97. The lowest BCUT2D eigenvalue weighted by Gasteiger charge is -2.35. The predicted octanol–water partition coefficient (Wildman–Crippen LogP) is 4.46. The number of aliphatic imine (C=N–C) groups is 1. The summed E-state index contributed by atoms with van der Waals surface area (Å²) in [5.74, 6) is 0.437. The fourth-order valence-electron chi connectivity index (χ4n) is 3.70. The number of guanidine groups is 1. The van der Waals surface area contributed by atoms with Crippen LogP contribution >= 0.6 is 24.0 Å². The fraction of sp³-hybridized carbons (Fsp3) is 0.435. The second-order valence-corrected chi connectivity index (χ2v) is 7.85. The van der Waals surface area contributed by atoms with Crippen LogP contribution in [0.4, 0.5) is 5.69 Å². The molecular weight excluding hydrogens is 475 g/mol. The number of nitrogens with one attached hydrogen (secondary N) is 1. The van der Waals surface area contributed by atoms with E-state index in [9.17, 15) is 0 Å². The molecule has 1 fully saturated rings. The summed E-state index contributed by atoms with van der Waals surface area (Å²) in [6, 6.07) is 14.7. The lowest BCUT2D eigenvalue weighted by Crippen LogP contribution is -2.44. The van der Waals surface area contributed by atoms with Gasteiger partial charge in [-0.3, -0.25) is 4.90 Å². The van der Waals surface area contributed by atoms with E-state index < -0.39 is 0 Å². The highest BCUT2D eigenvalue weighted by Crippen LogP contribution is 2.18. The van der Waals surface area contributed by atoms with Crippen molar-refractivity contribution in [1.29, 1.82) is 0 Å². The first kappa shape index (κ1) is 23.6. The summed E-state index contributed by atoms with van der Waals surface area (Å²) in [5.41, 5.74) is 12.1. The van der Waals surface area contributed by atoms with Crippen molar-refractivity contribution in [2.45, 2.75) is 53.0 Å². The van der Waals surface area contributed by atoms with Crippen LogP contribution < -0.4 is 11.1 Å². The van der Waals surface area contributed by atoms with Gasteiger partial charge in [-0.25, -0.2) is 4.99 Å². The Kier molecular flexibility index (Phi) is 8.92.